The number of aryl methyl sites for hydroxylation is 1. The molecule has 0 saturated carbocycles. The number of para-hydroxylation sites is 1. The van der Waals surface area contributed by atoms with Crippen LogP contribution < -0.4 is 9.62 Å². The molecular formula is C25H26N2O5S2. The number of nitrogens with one attached hydrogen (secondary N) is 1. The van der Waals surface area contributed by atoms with Crippen LogP contribution in [0.4, 0.5) is 5.69 Å². The third-order valence-electron chi connectivity index (χ3n) is 5.73. The first-order chi connectivity index (χ1) is 16.3. The molecule has 0 aromatic heterocycles. The van der Waals surface area contributed by atoms with E-state index in [9.17, 15) is 21.6 Å². The number of sulfone groups is 1. The van der Waals surface area contributed by atoms with Gasteiger partial charge in [-0.05, 0) is 61.2 Å². The normalized spacial score (nSPS) is 13.8. The Morgan fingerprint density at radius 3 is 2.35 bits per heavy atom. The van der Waals surface area contributed by atoms with Gasteiger partial charge in [0.25, 0.3) is 15.9 Å². The van der Waals surface area contributed by atoms with E-state index in [1.807, 2.05) is 18.2 Å². The maximum Gasteiger partial charge on any atom is 0.264 e. The maximum absolute atomic E-state index is 13.4. The first kappa shape index (κ1) is 24.0. The standard InChI is InChI=1S/C25H26N2O5S2/c28-25(26-16-8-18-33(29,30)22-12-2-1-3-13-22)21-10-6-14-23(19-21)34(31,32)27-17-7-11-20-9-4-5-15-24(20)27/h1-6,9-10,12-15,19H,7-8,11,16-18H2,(H,26,28). The first-order valence-electron chi connectivity index (χ1n) is 11.1. The molecule has 0 bridgehead atoms. The molecule has 1 aliphatic heterocycles. The third kappa shape index (κ3) is 5.15. The Balaban J connectivity index is 1.42. The molecule has 0 saturated heterocycles. The smallest absolute Gasteiger partial charge is 0.264 e. The van der Waals surface area contributed by atoms with E-state index in [1.54, 1.807) is 42.5 Å². The molecular weight excluding hydrogens is 472 g/mol. The molecule has 1 heterocycles. The number of fused-ring (bicyclic) bond motifs is 1. The number of carbonyl (C=O) groups is 1. The fourth-order valence-electron chi connectivity index (χ4n) is 3.99. The molecule has 178 valence electrons. The van der Waals surface area contributed by atoms with Crippen molar-refractivity contribution in [3.63, 3.8) is 0 Å². The van der Waals surface area contributed by atoms with Crippen LogP contribution in [0.3, 0.4) is 0 Å². The highest BCUT2D eigenvalue weighted by atomic mass is 32.2. The van der Waals surface area contributed by atoms with Crippen molar-refractivity contribution < 1.29 is 21.6 Å². The minimum absolute atomic E-state index is 0.0449. The highest BCUT2D eigenvalue weighted by molar-refractivity contribution is 7.92. The van der Waals surface area contributed by atoms with E-state index in [0.717, 1.165) is 18.4 Å². The summed E-state index contributed by atoms with van der Waals surface area (Å²) in [7, 11) is -7.25. The lowest BCUT2D eigenvalue weighted by Crippen LogP contribution is -2.35. The van der Waals surface area contributed by atoms with Gasteiger partial charge in [0, 0.05) is 18.7 Å². The summed E-state index contributed by atoms with van der Waals surface area (Å²) in [5.41, 5.74) is 1.86. The molecule has 34 heavy (non-hydrogen) atoms. The Kier molecular flexibility index (Phi) is 7.04. The molecule has 7 nitrogen and oxygen atoms in total. The summed E-state index contributed by atoms with van der Waals surface area (Å²) in [6.45, 7) is 0.535. The second kappa shape index (κ2) is 9.99. The van der Waals surface area contributed by atoms with E-state index in [0.29, 0.717) is 12.2 Å². The van der Waals surface area contributed by atoms with E-state index in [4.69, 9.17) is 0 Å². The van der Waals surface area contributed by atoms with Crippen LogP contribution in [0.1, 0.15) is 28.8 Å². The van der Waals surface area contributed by atoms with E-state index in [-0.39, 0.29) is 34.1 Å². The monoisotopic (exact) mass is 498 g/mol. The Bertz CT molecular complexity index is 1390. The number of rotatable bonds is 8. The zero-order chi connectivity index (χ0) is 24.2. The van der Waals surface area contributed by atoms with Crippen molar-refractivity contribution in [2.75, 3.05) is 23.1 Å². The minimum Gasteiger partial charge on any atom is -0.352 e. The topological polar surface area (TPSA) is 101 Å². The fraction of sp³-hybridized carbons (Fsp3) is 0.240. The molecule has 0 atom stereocenters. The van der Waals surface area contributed by atoms with Crippen LogP contribution in [0.5, 0.6) is 0 Å². The van der Waals surface area contributed by atoms with E-state index in [2.05, 4.69) is 5.32 Å². The number of hydrogen-bond acceptors (Lipinski definition) is 5. The highest BCUT2D eigenvalue weighted by Crippen LogP contribution is 2.31. The number of carbonyl (C=O) groups excluding carboxylic acids is 1. The van der Waals surface area contributed by atoms with Gasteiger partial charge < -0.3 is 5.32 Å². The molecule has 1 amide bonds. The number of anilines is 1. The summed E-state index contributed by atoms with van der Waals surface area (Å²) in [4.78, 5) is 12.9. The average molecular weight is 499 g/mol. The maximum atomic E-state index is 13.4. The predicted octanol–water partition coefficient (Wildman–Crippen LogP) is 3.42. The van der Waals surface area contributed by atoms with Crippen LogP contribution in [-0.2, 0) is 26.3 Å². The van der Waals surface area contributed by atoms with E-state index >= 15 is 0 Å². The lowest BCUT2D eigenvalue weighted by Gasteiger charge is -2.30. The van der Waals surface area contributed by atoms with Crippen molar-refractivity contribution in [2.24, 2.45) is 0 Å². The van der Waals surface area contributed by atoms with Crippen molar-refractivity contribution in [3.05, 3.63) is 90.0 Å². The Morgan fingerprint density at radius 2 is 1.56 bits per heavy atom. The van der Waals surface area contributed by atoms with Gasteiger partial charge in [-0.15, -0.1) is 0 Å². The average Bonchev–Trinajstić information content (AvgIpc) is 2.86. The van der Waals surface area contributed by atoms with Crippen LogP contribution in [0.15, 0.2) is 88.7 Å². The molecule has 0 aliphatic carbocycles. The molecule has 0 radical (unpaired) electrons. The second-order valence-corrected chi connectivity index (χ2v) is 12.1. The summed E-state index contributed by atoms with van der Waals surface area (Å²) in [5.74, 6) is -0.548. The number of nitrogens with zero attached hydrogens (tertiary/aromatic N) is 1. The molecule has 0 unspecified atom stereocenters. The number of amides is 1. The van der Waals surface area contributed by atoms with Crippen LogP contribution in [0.2, 0.25) is 0 Å². The SMILES string of the molecule is O=C(NCCCS(=O)(=O)c1ccccc1)c1cccc(S(=O)(=O)N2CCCc3ccccc32)c1. The quantitative estimate of drug-likeness (QED) is 0.480. The van der Waals surface area contributed by atoms with Gasteiger partial charge in [0.1, 0.15) is 0 Å². The summed E-state index contributed by atoms with van der Waals surface area (Å²) in [6.07, 6.45) is 1.79. The zero-order valence-corrected chi connectivity index (χ0v) is 20.2. The van der Waals surface area contributed by atoms with Crippen LogP contribution in [0.25, 0.3) is 0 Å². The number of benzene rings is 3. The van der Waals surface area contributed by atoms with Gasteiger partial charge in [0.2, 0.25) is 0 Å². The molecule has 9 heteroatoms. The minimum atomic E-state index is -3.83. The van der Waals surface area contributed by atoms with Crippen molar-refractivity contribution >= 4 is 31.5 Å². The van der Waals surface area contributed by atoms with Crippen LogP contribution in [-0.4, -0.2) is 41.6 Å². The predicted molar refractivity (Wildman–Crippen MR) is 131 cm³/mol. The Hall–Kier alpha value is -3.17. The van der Waals surface area contributed by atoms with E-state index < -0.39 is 25.8 Å². The molecule has 0 spiro atoms. The lowest BCUT2D eigenvalue weighted by atomic mass is 10.0. The lowest BCUT2D eigenvalue weighted by molar-refractivity contribution is 0.0953. The van der Waals surface area contributed by atoms with Gasteiger partial charge >= 0.3 is 0 Å². The second-order valence-electron chi connectivity index (χ2n) is 8.08. The molecule has 4 rings (SSSR count). The molecule has 1 aliphatic rings. The van der Waals surface area contributed by atoms with Crippen molar-refractivity contribution in [1.29, 1.82) is 0 Å². The van der Waals surface area contributed by atoms with E-state index in [1.165, 1.54) is 22.5 Å². The number of hydrogen-bond donors (Lipinski definition) is 1. The van der Waals surface area contributed by atoms with Gasteiger partial charge in [-0.1, -0.05) is 42.5 Å². The van der Waals surface area contributed by atoms with Crippen LogP contribution >= 0.6 is 0 Å². The molecule has 1 N–H and O–H groups in total. The van der Waals surface area contributed by atoms with Gasteiger partial charge in [0.15, 0.2) is 9.84 Å². The van der Waals surface area contributed by atoms with Gasteiger partial charge in [0.05, 0.1) is 21.2 Å². The molecule has 0 fully saturated rings. The van der Waals surface area contributed by atoms with Gasteiger partial charge in [-0.25, -0.2) is 16.8 Å². The summed E-state index contributed by atoms with van der Waals surface area (Å²) in [5, 5.41) is 2.69. The molecule has 3 aromatic rings. The summed E-state index contributed by atoms with van der Waals surface area (Å²) < 4.78 is 52.8. The van der Waals surface area contributed by atoms with Gasteiger partial charge in [-0.2, -0.15) is 0 Å². The molecule has 3 aromatic carbocycles. The zero-order valence-electron chi connectivity index (χ0n) is 18.6. The third-order valence-corrected chi connectivity index (χ3v) is 9.36. The fourth-order valence-corrected chi connectivity index (χ4v) is 6.90. The highest BCUT2D eigenvalue weighted by Gasteiger charge is 2.29. The van der Waals surface area contributed by atoms with Crippen molar-refractivity contribution in [1.82, 2.24) is 5.32 Å². The first-order valence-corrected chi connectivity index (χ1v) is 14.1. The Morgan fingerprint density at radius 1 is 0.853 bits per heavy atom. The van der Waals surface area contributed by atoms with Gasteiger partial charge in [-0.3, -0.25) is 9.10 Å². The Labute approximate surface area is 200 Å². The van der Waals surface area contributed by atoms with Crippen molar-refractivity contribution in [3.8, 4) is 0 Å². The largest absolute Gasteiger partial charge is 0.352 e. The van der Waals surface area contributed by atoms with Crippen molar-refractivity contribution in [2.45, 2.75) is 29.1 Å². The summed E-state index contributed by atoms with van der Waals surface area (Å²) >= 11 is 0. The summed E-state index contributed by atoms with van der Waals surface area (Å²) in [6, 6.07) is 21.5. The van der Waals surface area contributed by atoms with Crippen LogP contribution in [0, 0.1) is 0 Å². The number of sulfonamides is 1.